The number of benzene rings is 1. The summed E-state index contributed by atoms with van der Waals surface area (Å²) in [4.78, 5) is 31.1. The Bertz CT molecular complexity index is 902. The van der Waals surface area contributed by atoms with E-state index < -0.39 is 17.5 Å². The Morgan fingerprint density at radius 3 is 2.48 bits per heavy atom. The summed E-state index contributed by atoms with van der Waals surface area (Å²) in [5.74, 6) is -2.06. The number of carbonyl (C=O) groups is 2. The molecule has 2 aliphatic heterocycles. The second kappa shape index (κ2) is 7.09. The van der Waals surface area contributed by atoms with Gasteiger partial charge in [-0.1, -0.05) is 11.6 Å². The van der Waals surface area contributed by atoms with Gasteiger partial charge in [0.1, 0.15) is 11.5 Å². The van der Waals surface area contributed by atoms with E-state index in [1.165, 1.54) is 11.0 Å². The fourth-order valence-corrected chi connectivity index (χ4v) is 3.98. The molecule has 0 aliphatic carbocycles. The number of halogens is 3. The van der Waals surface area contributed by atoms with Crippen LogP contribution in [-0.2, 0) is 4.79 Å². The number of fused-ring (bicyclic) bond motifs is 1. The lowest BCUT2D eigenvalue weighted by molar-refractivity contribution is -0.134. The van der Waals surface area contributed by atoms with Crippen LogP contribution in [0.3, 0.4) is 0 Å². The van der Waals surface area contributed by atoms with Crippen molar-refractivity contribution in [1.82, 2.24) is 20.1 Å². The van der Waals surface area contributed by atoms with Crippen molar-refractivity contribution in [3.63, 3.8) is 0 Å². The summed E-state index contributed by atoms with van der Waals surface area (Å²) in [7, 11) is 0. The van der Waals surface area contributed by atoms with E-state index in [0.717, 1.165) is 25.5 Å². The molecule has 1 atom stereocenters. The van der Waals surface area contributed by atoms with Gasteiger partial charge in [-0.05, 0) is 31.5 Å². The first-order valence-electron chi connectivity index (χ1n) is 8.94. The Balaban J connectivity index is 1.48. The van der Waals surface area contributed by atoms with Crippen molar-refractivity contribution in [3.05, 3.63) is 34.5 Å². The van der Waals surface area contributed by atoms with Crippen LogP contribution in [0.4, 0.5) is 8.78 Å². The van der Waals surface area contributed by atoms with Crippen LogP contribution < -0.4 is 5.32 Å². The Morgan fingerprint density at radius 1 is 1.11 bits per heavy atom. The zero-order valence-electron chi connectivity index (χ0n) is 14.5. The SMILES string of the molecule is O=C(c1[nH]c2ccc(F)c(Cl)c2c1F)N1CCN(C(=O)[C@H]2CCCN2)CC1. The molecule has 27 heavy (non-hydrogen) atoms. The summed E-state index contributed by atoms with van der Waals surface area (Å²) >= 11 is 5.84. The van der Waals surface area contributed by atoms with Crippen molar-refractivity contribution in [3.8, 4) is 0 Å². The second-order valence-electron chi connectivity index (χ2n) is 6.86. The highest BCUT2D eigenvalue weighted by atomic mass is 35.5. The van der Waals surface area contributed by atoms with E-state index in [9.17, 15) is 18.4 Å². The van der Waals surface area contributed by atoms with Gasteiger partial charge >= 0.3 is 0 Å². The molecule has 144 valence electrons. The zero-order chi connectivity index (χ0) is 19.1. The van der Waals surface area contributed by atoms with Gasteiger partial charge in [0.05, 0.1) is 22.0 Å². The maximum Gasteiger partial charge on any atom is 0.273 e. The molecular formula is C18H19ClF2N4O2. The third-order valence-electron chi connectivity index (χ3n) is 5.24. The van der Waals surface area contributed by atoms with E-state index in [-0.39, 0.29) is 33.6 Å². The number of carbonyl (C=O) groups excluding carboxylic acids is 2. The number of aromatic nitrogens is 1. The Kier molecular flexibility index (Phi) is 4.77. The highest BCUT2D eigenvalue weighted by Gasteiger charge is 2.32. The molecule has 2 amide bonds. The average molecular weight is 397 g/mol. The quantitative estimate of drug-likeness (QED) is 0.817. The summed E-state index contributed by atoms with van der Waals surface area (Å²) in [6.07, 6.45) is 1.81. The van der Waals surface area contributed by atoms with Crippen LogP contribution in [0.15, 0.2) is 12.1 Å². The predicted octanol–water partition coefficient (Wildman–Crippen LogP) is 2.14. The number of nitrogens with zero attached hydrogens (tertiary/aromatic N) is 2. The molecule has 6 nitrogen and oxygen atoms in total. The van der Waals surface area contributed by atoms with Gasteiger partial charge in [0.25, 0.3) is 5.91 Å². The molecule has 1 aromatic heterocycles. The van der Waals surface area contributed by atoms with E-state index >= 15 is 0 Å². The maximum absolute atomic E-state index is 14.7. The molecule has 2 fully saturated rings. The van der Waals surface area contributed by atoms with Crippen LogP contribution in [0.2, 0.25) is 5.02 Å². The largest absolute Gasteiger partial charge is 0.348 e. The van der Waals surface area contributed by atoms with Gasteiger partial charge in [0.2, 0.25) is 5.91 Å². The van der Waals surface area contributed by atoms with Crippen molar-refractivity contribution in [2.75, 3.05) is 32.7 Å². The lowest BCUT2D eigenvalue weighted by atomic mass is 10.2. The molecule has 2 N–H and O–H groups in total. The summed E-state index contributed by atoms with van der Waals surface area (Å²) in [5.41, 5.74) is 0.0260. The van der Waals surface area contributed by atoms with E-state index in [1.54, 1.807) is 4.90 Å². The van der Waals surface area contributed by atoms with Gasteiger partial charge in [-0.3, -0.25) is 9.59 Å². The van der Waals surface area contributed by atoms with E-state index in [4.69, 9.17) is 11.6 Å². The first kappa shape index (κ1) is 18.2. The van der Waals surface area contributed by atoms with Crippen molar-refractivity contribution in [1.29, 1.82) is 0 Å². The van der Waals surface area contributed by atoms with Crippen LogP contribution >= 0.6 is 11.6 Å². The Labute approximate surface area is 159 Å². The van der Waals surface area contributed by atoms with Gasteiger partial charge in [-0.25, -0.2) is 8.78 Å². The van der Waals surface area contributed by atoms with Crippen LogP contribution in [0, 0.1) is 11.6 Å². The number of rotatable bonds is 2. The first-order chi connectivity index (χ1) is 13.0. The number of hydrogen-bond acceptors (Lipinski definition) is 3. The molecule has 4 rings (SSSR count). The van der Waals surface area contributed by atoms with Gasteiger partial charge in [0, 0.05) is 26.2 Å². The molecule has 0 spiro atoms. The number of nitrogens with one attached hydrogen (secondary N) is 2. The van der Waals surface area contributed by atoms with Gasteiger partial charge in [0.15, 0.2) is 5.82 Å². The fourth-order valence-electron chi connectivity index (χ4n) is 3.74. The van der Waals surface area contributed by atoms with Crippen molar-refractivity contribution in [2.24, 2.45) is 0 Å². The summed E-state index contributed by atoms with van der Waals surface area (Å²) in [5, 5.41) is 2.70. The third-order valence-corrected chi connectivity index (χ3v) is 5.61. The monoisotopic (exact) mass is 396 g/mol. The third kappa shape index (κ3) is 3.17. The predicted molar refractivity (Wildman–Crippen MR) is 96.7 cm³/mol. The minimum Gasteiger partial charge on any atom is -0.348 e. The summed E-state index contributed by atoms with van der Waals surface area (Å²) in [6.45, 7) is 2.28. The van der Waals surface area contributed by atoms with Crippen LogP contribution in [0.25, 0.3) is 10.9 Å². The molecule has 2 saturated heterocycles. The summed E-state index contributed by atoms with van der Waals surface area (Å²) < 4.78 is 28.3. The molecule has 3 heterocycles. The zero-order valence-corrected chi connectivity index (χ0v) is 15.3. The number of H-pyrrole nitrogens is 1. The van der Waals surface area contributed by atoms with Crippen LogP contribution in [0.1, 0.15) is 23.3 Å². The van der Waals surface area contributed by atoms with Crippen LogP contribution in [-0.4, -0.2) is 65.4 Å². The van der Waals surface area contributed by atoms with E-state index in [0.29, 0.717) is 26.2 Å². The molecule has 2 aromatic rings. The maximum atomic E-state index is 14.7. The van der Waals surface area contributed by atoms with Crippen LogP contribution in [0.5, 0.6) is 0 Å². The summed E-state index contributed by atoms with van der Waals surface area (Å²) in [6, 6.07) is 2.33. The number of piperazine rings is 1. The Morgan fingerprint density at radius 2 is 1.81 bits per heavy atom. The second-order valence-corrected chi connectivity index (χ2v) is 7.24. The number of aromatic amines is 1. The van der Waals surface area contributed by atoms with Crippen molar-refractivity contribution >= 4 is 34.3 Å². The normalized spacial score (nSPS) is 20.5. The molecule has 1 aromatic carbocycles. The molecule has 0 unspecified atom stereocenters. The van der Waals surface area contributed by atoms with Gasteiger partial charge < -0.3 is 20.1 Å². The highest BCUT2D eigenvalue weighted by molar-refractivity contribution is 6.35. The van der Waals surface area contributed by atoms with Gasteiger partial charge in [-0.15, -0.1) is 0 Å². The van der Waals surface area contributed by atoms with Gasteiger partial charge in [-0.2, -0.15) is 0 Å². The molecule has 0 radical (unpaired) electrons. The topological polar surface area (TPSA) is 68.4 Å². The molecule has 2 aliphatic rings. The molecule has 0 bridgehead atoms. The Hall–Kier alpha value is -2.19. The average Bonchev–Trinajstić information content (AvgIpc) is 3.32. The van der Waals surface area contributed by atoms with Crippen molar-refractivity contribution in [2.45, 2.75) is 18.9 Å². The molecule has 0 saturated carbocycles. The highest BCUT2D eigenvalue weighted by Crippen LogP contribution is 2.31. The molecule has 9 heteroatoms. The number of hydrogen-bond donors (Lipinski definition) is 2. The fraction of sp³-hybridized carbons (Fsp3) is 0.444. The minimum atomic E-state index is -0.854. The standard InChI is InChI=1S/C18H19ClF2N4O2/c19-14-10(20)3-4-11-13(14)15(21)16(23-11)18(27)25-8-6-24(7-9-25)17(26)12-2-1-5-22-12/h3-4,12,22-23H,1-2,5-9H2/t12-/m1/s1. The van der Waals surface area contributed by atoms with E-state index in [1.807, 2.05) is 0 Å². The lowest BCUT2D eigenvalue weighted by Crippen LogP contribution is -2.54. The first-order valence-corrected chi connectivity index (χ1v) is 9.32. The van der Waals surface area contributed by atoms with Crippen molar-refractivity contribution < 1.29 is 18.4 Å². The molecular weight excluding hydrogens is 378 g/mol. The minimum absolute atomic E-state index is 0.0543. The van der Waals surface area contributed by atoms with E-state index in [2.05, 4.69) is 10.3 Å². The lowest BCUT2D eigenvalue weighted by Gasteiger charge is -2.35. The smallest absolute Gasteiger partial charge is 0.273 e. The number of amides is 2.